The second kappa shape index (κ2) is 5.36. The molecule has 6 nitrogen and oxygen atoms in total. The zero-order valence-electron chi connectivity index (χ0n) is 11.0. The highest BCUT2D eigenvalue weighted by Gasteiger charge is 2.20. The van der Waals surface area contributed by atoms with E-state index in [1.54, 1.807) is 12.1 Å². The van der Waals surface area contributed by atoms with Gasteiger partial charge in [-0.1, -0.05) is 13.8 Å². The number of nitrogen functional groups attached to an aromatic ring is 1. The van der Waals surface area contributed by atoms with Gasteiger partial charge < -0.3 is 25.6 Å². The second-order valence-corrected chi connectivity index (χ2v) is 4.81. The van der Waals surface area contributed by atoms with Gasteiger partial charge in [0, 0.05) is 18.3 Å². The number of fused-ring (bicyclic) bond motifs is 1. The van der Waals surface area contributed by atoms with E-state index in [2.05, 4.69) is 5.32 Å². The van der Waals surface area contributed by atoms with E-state index in [1.807, 2.05) is 13.8 Å². The maximum Gasteiger partial charge on any atom is 0.253 e. The molecule has 0 saturated carbocycles. The summed E-state index contributed by atoms with van der Waals surface area (Å²) in [6, 6.07) is 3.12. The van der Waals surface area contributed by atoms with Gasteiger partial charge in [-0.25, -0.2) is 0 Å². The summed E-state index contributed by atoms with van der Waals surface area (Å²) < 4.78 is 10.4. The minimum absolute atomic E-state index is 0.0781. The molecule has 0 radical (unpaired) electrons. The average molecular weight is 266 g/mol. The molecule has 1 atom stereocenters. The van der Waals surface area contributed by atoms with Crippen molar-refractivity contribution in [1.29, 1.82) is 0 Å². The van der Waals surface area contributed by atoms with Crippen molar-refractivity contribution in [3.05, 3.63) is 17.7 Å². The monoisotopic (exact) mass is 266 g/mol. The fraction of sp³-hybridized carbons (Fsp3) is 0.462. The lowest BCUT2D eigenvalue weighted by Crippen LogP contribution is -2.35. The van der Waals surface area contributed by atoms with Gasteiger partial charge in [0.15, 0.2) is 11.5 Å². The van der Waals surface area contributed by atoms with Gasteiger partial charge >= 0.3 is 0 Å². The minimum atomic E-state index is -0.584. The van der Waals surface area contributed by atoms with Crippen LogP contribution in [0, 0.1) is 5.92 Å². The fourth-order valence-corrected chi connectivity index (χ4v) is 1.68. The molecule has 2 rings (SSSR count). The first-order valence-electron chi connectivity index (χ1n) is 6.14. The summed E-state index contributed by atoms with van der Waals surface area (Å²) in [6.45, 7) is 4.08. The Morgan fingerprint density at radius 3 is 2.68 bits per heavy atom. The highest BCUT2D eigenvalue weighted by molar-refractivity contribution is 6.00. The van der Waals surface area contributed by atoms with E-state index in [9.17, 15) is 9.90 Å². The number of carbonyl (C=O) groups is 1. The fourth-order valence-electron chi connectivity index (χ4n) is 1.68. The summed E-state index contributed by atoms with van der Waals surface area (Å²) >= 11 is 0. The normalized spacial score (nSPS) is 14.5. The zero-order valence-corrected chi connectivity index (χ0v) is 11.0. The molecule has 104 valence electrons. The van der Waals surface area contributed by atoms with Crippen LogP contribution in [0.5, 0.6) is 11.5 Å². The number of hydrogen-bond donors (Lipinski definition) is 3. The number of nitrogens with one attached hydrogen (secondary N) is 1. The number of ether oxygens (including phenoxy) is 2. The maximum atomic E-state index is 12.0. The minimum Gasteiger partial charge on any atom is -0.454 e. The highest BCUT2D eigenvalue weighted by Crippen LogP contribution is 2.35. The number of nitrogens with two attached hydrogens (primary N) is 1. The summed E-state index contributed by atoms with van der Waals surface area (Å²) in [6.07, 6.45) is -0.584. The molecule has 1 unspecified atom stereocenters. The van der Waals surface area contributed by atoms with E-state index in [-0.39, 0.29) is 25.2 Å². The molecular weight excluding hydrogens is 248 g/mol. The SMILES string of the molecule is CC(C)C(O)CNC(=O)c1cc2c(cc1N)OCO2. The molecule has 1 aromatic rings. The van der Waals surface area contributed by atoms with Crippen LogP contribution in [0.25, 0.3) is 0 Å². The molecule has 0 bridgehead atoms. The molecule has 6 heteroatoms. The number of benzene rings is 1. The van der Waals surface area contributed by atoms with Crippen molar-refractivity contribution in [2.45, 2.75) is 20.0 Å². The molecule has 1 heterocycles. The predicted molar refractivity (Wildman–Crippen MR) is 70.2 cm³/mol. The third-order valence-corrected chi connectivity index (χ3v) is 3.03. The summed E-state index contributed by atoms with van der Waals surface area (Å²) in [7, 11) is 0. The van der Waals surface area contributed by atoms with Gasteiger partial charge in [0.1, 0.15) is 0 Å². The van der Waals surface area contributed by atoms with Gasteiger partial charge in [-0.15, -0.1) is 0 Å². The Hall–Kier alpha value is -1.95. The number of anilines is 1. The topological polar surface area (TPSA) is 93.8 Å². The number of amides is 1. The van der Waals surface area contributed by atoms with Crippen LogP contribution in [-0.2, 0) is 0 Å². The van der Waals surface area contributed by atoms with Crippen LogP contribution in [0.1, 0.15) is 24.2 Å². The lowest BCUT2D eigenvalue weighted by atomic mass is 10.1. The Balaban J connectivity index is 2.07. The summed E-state index contributed by atoms with van der Waals surface area (Å²) in [4.78, 5) is 12.0. The lowest BCUT2D eigenvalue weighted by molar-refractivity contribution is 0.0872. The summed E-state index contributed by atoms with van der Waals surface area (Å²) in [5.74, 6) is 0.782. The Morgan fingerprint density at radius 2 is 2.05 bits per heavy atom. The van der Waals surface area contributed by atoms with Crippen LogP contribution in [0.2, 0.25) is 0 Å². The first-order chi connectivity index (χ1) is 8.99. The molecule has 0 spiro atoms. The van der Waals surface area contributed by atoms with Gasteiger partial charge in [0.25, 0.3) is 5.91 Å². The third kappa shape index (κ3) is 2.90. The largest absolute Gasteiger partial charge is 0.454 e. The smallest absolute Gasteiger partial charge is 0.253 e. The van der Waals surface area contributed by atoms with Gasteiger partial charge in [-0.05, 0) is 12.0 Å². The Morgan fingerprint density at radius 1 is 1.42 bits per heavy atom. The lowest BCUT2D eigenvalue weighted by Gasteiger charge is -2.15. The van der Waals surface area contributed by atoms with E-state index in [1.165, 1.54) is 0 Å². The molecule has 1 aliphatic rings. The van der Waals surface area contributed by atoms with Crippen LogP contribution in [-0.4, -0.2) is 30.5 Å². The number of rotatable bonds is 4. The predicted octanol–water partition coefficient (Wildman–Crippen LogP) is 0.744. The molecule has 0 aliphatic carbocycles. The zero-order chi connectivity index (χ0) is 14.0. The van der Waals surface area contributed by atoms with Crippen molar-refractivity contribution in [2.24, 2.45) is 5.92 Å². The summed E-state index contributed by atoms with van der Waals surface area (Å²) in [5, 5.41) is 12.3. The molecule has 1 aliphatic heterocycles. The second-order valence-electron chi connectivity index (χ2n) is 4.81. The van der Waals surface area contributed by atoms with E-state index < -0.39 is 6.10 Å². The quantitative estimate of drug-likeness (QED) is 0.699. The van der Waals surface area contributed by atoms with E-state index in [4.69, 9.17) is 15.2 Å². The van der Waals surface area contributed by atoms with Crippen LogP contribution in [0.15, 0.2) is 12.1 Å². The van der Waals surface area contributed by atoms with Crippen molar-refractivity contribution in [2.75, 3.05) is 19.1 Å². The highest BCUT2D eigenvalue weighted by atomic mass is 16.7. The number of hydrogen-bond acceptors (Lipinski definition) is 5. The number of aliphatic hydroxyl groups is 1. The molecule has 4 N–H and O–H groups in total. The third-order valence-electron chi connectivity index (χ3n) is 3.03. The van der Waals surface area contributed by atoms with E-state index in [0.29, 0.717) is 22.7 Å². The van der Waals surface area contributed by atoms with Crippen LogP contribution in [0.4, 0.5) is 5.69 Å². The van der Waals surface area contributed by atoms with Crippen LogP contribution >= 0.6 is 0 Å². The van der Waals surface area contributed by atoms with Gasteiger partial charge in [0.05, 0.1) is 11.7 Å². The van der Waals surface area contributed by atoms with Gasteiger partial charge in [-0.2, -0.15) is 0 Å². The standard InChI is InChI=1S/C13H18N2O4/c1-7(2)10(16)5-15-13(17)8-3-11-12(4-9(8)14)19-6-18-11/h3-4,7,10,16H,5-6,14H2,1-2H3,(H,15,17). The Bertz CT molecular complexity index is 488. The molecular formula is C13H18N2O4. The van der Waals surface area contributed by atoms with Crippen LogP contribution in [0.3, 0.4) is 0 Å². The molecule has 1 aromatic carbocycles. The van der Waals surface area contributed by atoms with Crippen molar-refractivity contribution in [3.8, 4) is 11.5 Å². The van der Waals surface area contributed by atoms with Crippen molar-refractivity contribution < 1.29 is 19.4 Å². The van der Waals surface area contributed by atoms with Crippen molar-refractivity contribution in [1.82, 2.24) is 5.32 Å². The van der Waals surface area contributed by atoms with E-state index >= 15 is 0 Å². The first-order valence-corrected chi connectivity index (χ1v) is 6.14. The molecule has 19 heavy (non-hydrogen) atoms. The Labute approximate surface area is 111 Å². The van der Waals surface area contributed by atoms with Gasteiger partial charge in [0.2, 0.25) is 6.79 Å². The van der Waals surface area contributed by atoms with Crippen molar-refractivity contribution >= 4 is 11.6 Å². The van der Waals surface area contributed by atoms with E-state index in [0.717, 1.165) is 0 Å². The van der Waals surface area contributed by atoms with Crippen molar-refractivity contribution in [3.63, 3.8) is 0 Å². The number of carbonyl (C=O) groups excluding carboxylic acids is 1. The Kier molecular flexibility index (Phi) is 3.80. The maximum absolute atomic E-state index is 12.0. The number of aliphatic hydroxyl groups excluding tert-OH is 1. The van der Waals surface area contributed by atoms with Crippen LogP contribution < -0.4 is 20.5 Å². The average Bonchev–Trinajstić information content (AvgIpc) is 2.81. The molecule has 0 fully saturated rings. The molecule has 0 aromatic heterocycles. The summed E-state index contributed by atoms with van der Waals surface area (Å²) in [5.41, 5.74) is 6.44. The first kappa shape index (κ1) is 13.5. The van der Waals surface area contributed by atoms with Gasteiger partial charge in [-0.3, -0.25) is 4.79 Å². The molecule has 1 amide bonds. The molecule has 0 saturated heterocycles.